The smallest absolute Gasteiger partial charge is 0.0794 e. The highest BCUT2D eigenvalue weighted by Gasteiger charge is 2.15. The third kappa shape index (κ3) is 2.89. The molecule has 1 heterocycles. The van der Waals surface area contributed by atoms with Crippen molar-refractivity contribution in [2.45, 2.75) is 26.2 Å². The number of pyridine rings is 1. The Kier molecular flexibility index (Phi) is 4.43. The van der Waals surface area contributed by atoms with Gasteiger partial charge in [-0.05, 0) is 34.2 Å². The molecule has 0 amide bonds. The first-order valence-corrected chi connectivity index (χ1v) is 11.5. The Morgan fingerprint density at radius 3 is 1.66 bits per heavy atom. The molecule has 6 rings (SSSR count). The van der Waals surface area contributed by atoms with Crippen LogP contribution in [-0.2, 0) is 0 Å². The number of aromatic nitrogens is 1. The number of rotatable bonds is 3. The summed E-state index contributed by atoms with van der Waals surface area (Å²) < 4.78 is 0. The molecule has 0 saturated carbocycles. The Hall–Kier alpha value is -3.71. The van der Waals surface area contributed by atoms with Crippen LogP contribution in [0.25, 0.3) is 54.5 Å². The van der Waals surface area contributed by atoms with Crippen LogP contribution in [0.3, 0.4) is 0 Å². The van der Waals surface area contributed by atoms with Gasteiger partial charge in [-0.15, -0.1) is 0 Å². The molecule has 0 bridgehead atoms. The van der Waals surface area contributed by atoms with Gasteiger partial charge in [-0.25, -0.2) is 4.98 Å². The van der Waals surface area contributed by atoms with Gasteiger partial charge < -0.3 is 0 Å². The molecule has 0 saturated heterocycles. The fourth-order valence-corrected chi connectivity index (χ4v) is 4.94. The first-order chi connectivity index (χ1) is 15.7. The van der Waals surface area contributed by atoms with Gasteiger partial charge in [0, 0.05) is 27.1 Å². The van der Waals surface area contributed by atoms with Gasteiger partial charge in [0.2, 0.25) is 0 Å². The first-order valence-electron chi connectivity index (χ1n) is 11.5. The SMILES string of the molecule is CCC(C)c1ccc(-c2c3ccc4ccccc4c3nc3c2ccc2ccccc23)cc1. The monoisotopic (exact) mass is 411 g/mol. The lowest BCUT2D eigenvalue weighted by atomic mass is 9.91. The summed E-state index contributed by atoms with van der Waals surface area (Å²) in [7, 11) is 0. The molecule has 1 heteroatoms. The maximum atomic E-state index is 5.28. The van der Waals surface area contributed by atoms with Crippen LogP contribution in [-0.4, -0.2) is 4.98 Å². The summed E-state index contributed by atoms with van der Waals surface area (Å²) in [6.45, 7) is 4.54. The zero-order chi connectivity index (χ0) is 21.7. The second kappa shape index (κ2) is 7.46. The van der Waals surface area contributed by atoms with Crippen molar-refractivity contribution < 1.29 is 0 Å². The molecule has 1 aromatic heterocycles. The highest BCUT2D eigenvalue weighted by atomic mass is 14.7. The third-order valence-electron chi connectivity index (χ3n) is 6.94. The van der Waals surface area contributed by atoms with Gasteiger partial charge in [-0.3, -0.25) is 0 Å². The van der Waals surface area contributed by atoms with Crippen molar-refractivity contribution in [3.8, 4) is 11.1 Å². The van der Waals surface area contributed by atoms with E-state index in [4.69, 9.17) is 4.98 Å². The van der Waals surface area contributed by atoms with Gasteiger partial charge in [0.05, 0.1) is 11.0 Å². The van der Waals surface area contributed by atoms with Crippen LogP contribution in [0.15, 0.2) is 97.1 Å². The minimum atomic E-state index is 0.572. The van der Waals surface area contributed by atoms with Crippen LogP contribution >= 0.6 is 0 Å². The zero-order valence-corrected chi connectivity index (χ0v) is 18.5. The lowest BCUT2D eigenvalue weighted by Crippen LogP contribution is -1.93. The molecule has 0 spiro atoms. The summed E-state index contributed by atoms with van der Waals surface area (Å²) in [5.41, 5.74) is 6.08. The second-order valence-electron chi connectivity index (χ2n) is 8.78. The average Bonchev–Trinajstić information content (AvgIpc) is 2.87. The lowest BCUT2D eigenvalue weighted by molar-refractivity contribution is 0.734. The summed E-state index contributed by atoms with van der Waals surface area (Å²) in [5, 5.41) is 7.29. The topological polar surface area (TPSA) is 12.9 Å². The highest BCUT2D eigenvalue weighted by molar-refractivity contribution is 6.21. The molecule has 32 heavy (non-hydrogen) atoms. The van der Waals surface area contributed by atoms with E-state index in [9.17, 15) is 0 Å². The summed E-state index contributed by atoms with van der Waals surface area (Å²) >= 11 is 0. The van der Waals surface area contributed by atoms with Gasteiger partial charge in [-0.1, -0.05) is 111 Å². The van der Waals surface area contributed by atoms with E-state index >= 15 is 0 Å². The van der Waals surface area contributed by atoms with Gasteiger partial charge in [0.15, 0.2) is 0 Å². The molecule has 6 aromatic rings. The summed E-state index contributed by atoms with van der Waals surface area (Å²) in [4.78, 5) is 5.28. The number of hydrogen-bond acceptors (Lipinski definition) is 1. The largest absolute Gasteiger partial charge is 0.246 e. The van der Waals surface area contributed by atoms with E-state index in [0.717, 1.165) is 17.5 Å². The Morgan fingerprint density at radius 2 is 1.12 bits per heavy atom. The molecule has 154 valence electrons. The van der Waals surface area contributed by atoms with Gasteiger partial charge in [0.25, 0.3) is 0 Å². The molecule has 0 radical (unpaired) electrons. The number of nitrogens with zero attached hydrogens (tertiary/aromatic N) is 1. The van der Waals surface area contributed by atoms with Gasteiger partial charge in [0.1, 0.15) is 0 Å². The van der Waals surface area contributed by atoms with E-state index < -0.39 is 0 Å². The van der Waals surface area contributed by atoms with Crippen molar-refractivity contribution in [3.05, 3.63) is 103 Å². The van der Waals surface area contributed by atoms with E-state index in [2.05, 4.69) is 111 Å². The molecule has 1 atom stereocenters. The predicted molar refractivity (Wildman–Crippen MR) is 138 cm³/mol. The van der Waals surface area contributed by atoms with Crippen molar-refractivity contribution in [2.75, 3.05) is 0 Å². The summed E-state index contributed by atoms with van der Waals surface area (Å²) in [6.07, 6.45) is 1.15. The van der Waals surface area contributed by atoms with Crippen LogP contribution in [0.4, 0.5) is 0 Å². The fraction of sp³-hybridized carbons (Fsp3) is 0.129. The van der Waals surface area contributed by atoms with Crippen molar-refractivity contribution in [3.63, 3.8) is 0 Å². The van der Waals surface area contributed by atoms with Crippen LogP contribution in [0.1, 0.15) is 31.7 Å². The second-order valence-corrected chi connectivity index (χ2v) is 8.78. The molecule has 0 aliphatic rings. The molecule has 0 aliphatic heterocycles. The van der Waals surface area contributed by atoms with Crippen LogP contribution in [0.5, 0.6) is 0 Å². The molecule has 5 aromatic carbocycles. The van der Waals surface area contributed by atoms with Crippen molar-refractivity contribution >= 4 is 43.4 Å². The van der Waals surface area contributed by atoms with E-state index in [-0.39, 0.29) is 0 Å². The minimum Gasteiger partial charge on any atom is -0.246 e. The van der Waals surface area contributed by atoms with E-state index in [1.165, 1.54) is 49.0 Å². The Morgan fingerprint density at radius 1 is 0.594 bits per heavy atom. The molecule has 0 fully saturated rings. The molecule has 1 nitrogen and oxygen atoms in total. The fourth-order valence-electron chi connectivity index (χ4n) is 4.94. The number of fused-ring (bicyclic) bond motifs is 6. The number of benzene rings is 5. The molecular formula is C31H25N. The molecular weight excluding hydrogens is 386 g/mol. The predicted octanol–water partition coefficient (Wildman–Crippen LogP) is 8.87. The molecule has 0 N–H and O–H groups in total. The van der Waals surface area contributed by atoms with E-state index in [1.54, 1.807) is 0 Å². The van der Waals surface area contributed by atoms with Crippen LogP contribution < -0.4 is 0 Å². The normalized spacial score (nSPS) is 12.7. The summed E-state index contributed by atoms with van der Waals surface area (Å²) in [5.74, 6) is 0.572. The Bertz CT molecular complexity index is 1520. The Labute approximate surface area is 188 Å². The minimum absolute atomic E-state index is 0.572. The van der Waals surface area contributed by atoms with E-state index in [0.29, 0.717) is 5.92 Å². The van der Waals surface area contributed by atoms with Crippen molar-refractivity contribution in [1.82, 2.24) is 4.98 Å². The zero-order valence-electron chi connectivity index (χ0n) is 18.5. The third-order valence-corrected chi connectivity index (χ3v) is 6.94. The first kappa shape index (κ1) is 19.0. The highest BCUT2D eigenvalue weighted by Crippen LogP contribution is 2.40. The maximum absolute atomic E-state index is 5.28. The van der Waals surface area contributed by atoms with Crippen LogP contribution in [0.2, 0.25) is 0 Å². The van der Waals surface area contributed by atoms with Crippen molar-refractivity contribution in [1.29, 1.82) is 0 Å². The standard InChI is InChI=1S/C31H25N/c1-3-20(2)21-12-14-24(15-13-21)29-27-18-16-22-8-4-6-10-25(22)30(27)32-31-26-11-7-5-9-23(26)17-19-28(29)31/h4-20H,3H2,1-2H3. The summed E-state index contributed by atoms with van der Waals surface area (Å²) in [6, 6.07) is 35.3. The van der Waals surface area contributed by atoms with Gasteiger partial charge in [-0.2, -0.15) is 0 Å². The molecule has 0 aliphatic carbocycles. The number of hydrogen-bond donors (Lipinski definition) is 0. The average molecular weight is 412 g/mol. The molecule has 1 unspecified atom stereocenters. The Balaban J connectivity index is 1.77. The van der Waals surface area contributed by atoms with E-state index in [1.807, 2.05) is 0 Å². The van der Waals surface area contributed by atoms with Crippen molar-refractivity contribution in [2.24, 2.45) is 0 Å². The van der Waals surface area contributed by atoms with Gasteiger partial charge >= 0.3 is 0 Å². The lowest BCUT2D eigenvalue weighted by Gasteiger charge is -2.16. The maximum Gasteiger partial charge on any atom is 0.0794 e. The van der Waals surface area contributed by atoms with Crippen LogP contribution in [0, 0.1) is 0 Å². The quantitative estimate of drug-likeness (QED) is 0.209.